The fraction of sp³-hybridized carbons (Fsp3) is 0.909. The van der Waals surface area contributed by atoms with Gasteiger partial charge in [-0.15, -0.1) is 0 Å². The molecule has 1 fully saturated rings. The molecule has 2 atom stereocenters. The van der Waals surface area contributed by atoms with E-state index < -0.39 is 9.89 Å². The Morgan fingerprint density at radius 3 is 2.65 bits per heavy atom. The Labute approximate surface area is 134 Å². The first-order chi connectivity index (χ1) is 9.17. The SMILES string of the molecule is CN(C)CCN1C[C@@H](N)[C@@H](NC(=O)OCC(Cl)(Cl)Cl)C1. The number of nitrogens with two attached hydrogens (primary N) is 1. The molecule has 0 aliphatic carbocycles. The zero-order chi connectivity index (χ0) is 15.3. The van der Waals surface area contributed by atoms with Gasteiger partial charge in [0.15, 0.2) is 0 Å². The second-order valence-electron chi connectivity index (χ2n) is 5.17. The largest absolute Gasteiger partial charge is 0.445 e. The van der Waals surface area contributed by atoms with Gasteiger partial charge in [-0.1, -0.05) is 34.8 Å². The molecule has 0 aromatic rings. The molecule has 0 unspecified atom stereocenters. The number of likely N-dealkylation sites (N-methyl/N-ethyl adjacent to an activating group) is 1. The van der Waals surface area contributed by atoms with E-state index in [9.17, 15) is 4.79 Å². The highest BCUT2D eigenvalue weighted by Gasteiger charge is 2.32. The van der Waals surface area contributed by atoms with E-state index >= 15 is 0 Å². The lowest BCUT2D eigenvalue weighted by Gasteiger charge is -2.19. The summed E-state index contributed by atoms with van der Waals surface area (Å²) in [6.07, 6.45) is -0.619. The molecule has 20 heavy (non-hydrogen) atoms. The molecule has 1 heterocycles. The Morgan fingerprint density at radius 2 is 2.10 bits per heavy atom. The van der Waals surface area contributed by atoms with Crippen molar-refractivity contribution in [3.8, 4) is 0 Å². The Kier molecular flexibility index (Phi) is 7.11. The second-order valence-corrected chi connectivity index (χ2v) is 7.68. The number of carbonyl (C=O) groups excluding carboxylic acids is 1. The maximum absolute atomic E-state index is 11.6. The zero-order valence-electron chi connectivity index (χ0n) is 11.6. The lowest BCUT2D eigenvalue weighted by molar-refractivity contribution is 0.143. The van der Waals surface area contributed by atoms with Crippen LogP contribution >= 0.6 is 34.8 Å². The van der Waals surface area contributed by atoms with E-state index in [2.05, 4.69) is 15.1 Å². The Bertz CT molecular complexity index is 325. The molecule has 0 spiro atoms. The van der Waals surface area contributed by atoms with Crippen LogP contribution in [0.5, 0.6) is 0 Å². The standard InChI is InChI=1S/C11H21Cl3N4O2/c1-17(2)3-4-18-5-8(15)9(6-18)16-10(19)20-7-11(12,13)14/h8-9H,3-7,15H2,1-2H3,(H,16,19)/t8-,9+/m1/s1. The fourth-order valence-corrected chi connectivity index (χ4v) is 2.09. The number of alkyl carbamates (subject to hydrolysis) is 1. The predicted molar refractivity (Wildman–Crippen MR) is 81.5 cm³/mol. The van der Waals surface area contributed by atoms with Crippen LogP contribution in [0.2, 0.25) is 0 Å². The van der Waals surface area contributed by atoms with Gasteiger partial charge in [-0.25, -0.2) is 4.79 Å². The molecule has 1 aliphatic rings. The number of alkyl halides is 3. The number of amides is 1. The third-order valence-corrected chi connectivity index (χ3v) is 3.30. The van der Waals surface area contributed by atoms with Crippen LogP contribution in [0.1, 0.15) is 0 Å². The molecule has 1 amide bonds. The molecule has 1 saturated heterocycles. The van der Waals surface area contributed by atoms with Gasteiger partial charge in [0, 0.05) is 32.2 Å². The number of rotatable bonds is 5. The summed E-state index contributed by atoms with van der Waals surface area (Å²) in [6, 6.07) is -0.280. The van der Waals surface area contributed by atoms with Crippen molar-refractivity contribution in [1.82, 2.24) is 15.1 Å². The average Bonchev–Trinajstić information content (AvgIpc) is 2.64. The van der Waals surface area contributed by atoms with Crippen molar-refractivity contribution < 1.29 is 9.53 Å². The average molecular weight is 348 g/mol. The molecule has 6 nitrogen and oxygen atoms in total. The lowest BCUT2D eigenvalue weighted by atomic mass is 10.2. The molecule has 3 N–H and O–H groups in total. The summed E-state index contributed by atoms with van der Waals surface area (Å²) in [5.74, 6) is 0. The molecule has 1 rings (SSSR count). The fourth-order valence-electron chi connectivity index (χ4n) is 1.93. The van der Waals surface area contributed by atoms with E-state index in [1.54, 1.807) is 0 Å². The van der Waals surface area contributed by atoms with Gasteiger partial charge >= 0.3 is 6.09 Å². The number of nitrogens with zero attached hydrogens (tertiary/aromatic N) is 2. The first kappa shape index (κ1) is 18.1. The Hall–Kier alpha value is 0.0200. The minimum absolute atomic E-state index is 0.127. The van der Waals surface area contributed by atoms with Crippen molar-refractivity contribution in [3.63, 3.8) is 0 Å². The van der Waals surface area contributed by atoms with Crippen LogP contribution in [0.15, 0.2) is 0 Å². The molecular formula is C11H21Cl3N4O2. The van der Waals surface area contributed by atoms with E-state index in [1.807, 2.05) is 14.1 Å². The van der Waals surface area contributed by atoms with Crippen molar-refractivity contribution in [2.45, 2.75) is 15.9 Å². The monoisotopic (exact) mass is 346 g/mol. The number of hydrogen-bond donors (Lipinski definition) is 2. The second kappa shape index (κ2) is 7.87. The van der Waals surface area contributed by atoms with Gasteiger partial charge in [-0.2, -0.15) is 0 Å². The molecule has 0 aromatic heterocycles. The van der Waals surface area contributed by atoms with Gasteiger partial charge in [0.1, 0.15) is 6.61 Å². The summed E-state index contributed by atoms with van der Waals surface area (Å²) < 4.78 is 3.22. The van der Waals surface area contributed by atoms with Crippen molar-refractivity contribution in [2.75, 3.05) is 46.9 Å². The van der Waals surface area contributed by atoms with E-state index in [4.69, 9.17) is 45.3 Å². The normalized spacial score (nSPS) is 24.1. The minimum atomic E-state index is -1.60. The van der Waals surface area contributed by atoms with Crippen LogP contribution in [0.3, 0.4) is 0 Å². The van der Waals surface area contributed by atoms with Gasteiger partial charge in [-0.05, 0) is 14.1 Å². The smallest absolute Gasteiger partial charge is 0.407 e. The molecule has 0 radical (unpaired) electrons. The lowest BCUT2D eigenvalue weighted by Crippen LogP contribution is -2.47. The van der Waals surface area contributed by atoms with E-state index in [-0.39, 0.29) is 18.7 Å². The van der Waals surface area contributed by atoms with Crippen LogP contribution < -0.4 is 11.1 Å². The molecular weight excluding hydrogens is 327 g/mol. The third-order valence-electron chi connectivity index (χ3n) is 2.97. The van der Waals surface area contributed by atoms with Gasteiger partial charge in [-0.3, -0.25) is 4.90 Å². The summed E-state index contributed by atoms with van der Waals surface area (Å²) in [5.41, 5.74) is 6.00. The molecule has 0 saturated carbocycles. The highest BCUT2D eigenvalue weighted by Crippen LogP contribution is 2.25. The van der Waals surface area contributed by atoms with Crippen molar-refractivity contribution in [3.05, 3.63) is 0 Å². The van der Waals surface area contributed by atoms with Gasteiger partial charge in [0.05, 0.1) is 6.04 Å². The summed E-state index contributed by atoms with van der Waals surface area (Å²) in [6.45, 7) is 2.98. The summed E-state index contributed by atoms with van der Waals surface area (Å²) in [5, 5.41) is 2.70. The number of likely N-dealkylation sites (tertiary alicyclic amines) is 1. The maximum Gasteiger partial charge on any atom is 0.407 e. The third kappa shape index (κ3) is 7.15. The van der Waals surface area contributed by atoms with Crippen molar-refractivity contribution >= 4 is 40.9 Å². The van der Waals surface area contributed by atoms with Crippen LogP contribution in [0.25, 0.3) is 0 Å². The molecule has 0 bridgehead atoms. The molecule has 118 valence electrons. The molecule has 9 heteroatoms. The zero-order valence-corrected chi connectivity index (χ0v) is 13.9. The van der Waals surface area contributed by atoms with Gasteiger partial charge in [0.2, 0.25) is 3.79 Å². The Balaban J connectivity index is 2.31. The Morgan fingerprint density at radius 1 is 1.45 bits per heavy atom. The highest BCUT2D eigenvalue weighted by atomic mass is 35.6. The van der Waals surface area contributed by atoms with Crippen LogP contribution in [0, 0.1) is 0 Å². The summed E-state index contributed by atoms with van der Waals surface area (Å²) in [7, 11) is 4.03. The van der Waals surface area contributed by atoms with E-state index in [0.29, 0.717) is 6.54 Å². The highest BCUT2D eigenvalue weighted by molar-refractivity contribution is 6.67. The van der Waals surface area contributed by atoms with Crippen molar-refractivity contribution in [2.24, 2.45) is 5.73 Å². The molecule has 1 aliphatic heterocycles. The van der Waals surface area contributed by atoms with Crippen LogP contribution in [-0.4, -0.2) is 78.7 Å². The van der Waals surface area contributed by atoms with Crippen LogP contribution in [0.4, 0.5) is 4.79 Å². The van der Waals surface area contributed by atoms with E-state index in [0.717, 1.165) is 19.6 Å². The van der Waals surface area contributed by atoms with Gasteiger partial charge < -0.3 is 20.7 Å². The quantitative estimate of drug-likeness (QED) is 0.715. The number of nitrogens with one attached hydrogen (secondary N) is 1. The van der Waals surface area contributed by atoms with Crippen molar-refractivity contribution in [1.29, 1.82) is 0 Å². The van der Waals surface area contributed by atoms with E-state index in [1.165, 1.54) is 0 Å². The number of hydrogen-bond acceptors (Lipinski definition) is 5. The number of ether oxygens (including phenoxy) is 1. The topological polar surface area (TPSA) is 70.8 Å². The van der Waals surface area contributed by atoms with Gasteiger partial charge in [0.25, 0.3) is 0 Å². The number of carbonyl (C=O) groups is 1. The first-order valence-corrected chi connectivity index (χ1v) is 7.43. The number of halogens is 3. The van der Waals surface area contributed by atoms with Crippen LogP contribution in [-0.2, 0) is 4.74 Å². The summed E-state index contributed by atoms with van der Waals surface area (Å²) >= 11 is 16.5. The molecule has 0 aromatic carbocycles. The predicted octanol–water partition coefficient (Wildman–Crippen LogP) is 0.656. The first-order valence-electron chi connectivity index (χ1n) is 6.30. The minimum Gasteiger partial charge on any atom is -0.445 e. The maximum atomic E-state index is 11.6. The summed E-state index contributed by atoms with van der Waals surface area (Å²) in [4.78, 5) is 15.9.